The molecule has 0 aliphatic heterocycles. The van der Waals surface area contributed by atoms with Crippen LogP contribution in [0.3, 0.4) is 0 Å². The second-order valence-electron chi connectivity index (χ2n) is 4.70. The average Bonchev–Trinajstić information content (AvgIpc) is 3.02. The summed E-state index contributed by atoms with van der Waals surface area (Å²) < 4.78 is 0. The summed E-state index contributed by atoms with van der Waals surface area (Å²) in [6.07, 6.45) is 3.43. The quantitative estimate of drug-likeness (QED) is 0.800. The van der Waals surface area contributed by atoms with Crippen LogP contribution >= 0.6 is 11.6 Å². The van der Waals surface area contributed by atoms with Gasteiger partial charge in [-0.25, -0.2) is 0 Å². The lowest BCUT2D eigenvalue weighted by Crippen LogP contribution is -2.24. The van der Waals surface area contributed by atoms with Gasteiger partial charge < -0.3 is 10.4 Å². The van der Waals surface area contributed by atoms with Crippen LogP contribution in [-0.2, 0) is 6.54 Å². The lowest BCUT2D eigenvalue weighted by molar-refractivity contribution is 0.245. The summed E-state index contributed by atoms with van der Waals surface area (Å²) in [6, 6.07) is 7.92. The van der Waals surface area contributed by atoms with Crippen molar-refractivity contribution in [1.29, 1.82) is 0 Å². The van der Waals surface area contributed by atoms with Crippen LogP contribution in [0.5, 0.6) is 0 Å². The summed E-state index contributed by atoms with van der Waals surface area (Å²) >= 11 is 5.82. The van der Waals surface area contributed by atoms with Crippen molar-refractivity contribution >= 4 is 11.6 Å². The topological polar surface area (TPSA) is 32.3 Å². The molecule has 0 bridgehead atoms. The van der Waals surface area contributed by atoms with Gasteiger partial charge in [-0.15, -0.1) is 0 Å². The summed E-state index contributed by atoms with van der Waals surface area (Å²) in [5, 5.41) is 13.2. The zero-order valence-corrected chi connectivity index (χ0v) is 10.1. The molecule has 0 radical (unpaired) electrons. The lowest BCUT2D eigenvalue weighted by atomic mass is 10.0. The Morgan fingerprint density at radius 1 is 1.25 bits per heavy atom. The Hall–Kier alpha value is -0.570. The Bertz CT molecular complexity index is 332. The maximum Gasteiger partial charge on any atom is 0.0436 e. The van der Waals surface area contributed by atoms with Crippen LogP contribution in [-0.4, -0.2) is 18.3 Å². The van der Waals surface area contributed by atoms with Gasteiger partial charge in [0.25, 0.3) is 0 Å². The van der Waals surface area contributed by atoms with Crippen LogP contribution in [0.2, 0.25) is 5.02 Å². The van der Waals surface area contributed by atoms with Crippen molar-refractivity contribution in [1.82, 2.24) is 5.32 Å². The predicted molar refractivity (Wildman–Crippen MR) is 66.5 cm³/mol. The van der Waals surface area contributed by atoms with Crippen LogP contribution < -0.4 is 5.32 Å². The van der Waals surface area contributed by atoms with Crippen molar-refractivity contribution in [2.45, 2.75) is 25.8 Å². The molecule has 16 heavy (non-hydrogen) atoms. The number of nitrogens with one attached hydrogen (secondary N) is 1. The maximum absolute atomic E-state index is 8.95. The van der Waals surface area contributed by atoms with Crippen molar-refractivity contribution in [3.8, 4) is 0 Å². The molecule has 3 heteroatoms. The standard InChI is InChI=1S/C13H18ClNO/c14-12-3-1-11(2-4-12)9-15-10-13(5-6-13)7-8-16/h1-4,15-16H,5-10H2. The molecule has 0 amide bonds. The van der Waals surface area contributed by atoms with Gasteiger partial charge in [-0.05, 0) is 42.4 Å². The second kappa shape index (κ2) is 5.17. The van der Waals surface area contributed by atoms with Gasteiger partial charge in [0.15, 0.2) is 0 Å². The summed E-state index contributed by atoms with van der Waals surface area (Å²) in [5.41, 5.74) is 1.64. The smallest absolute Gasteiger partial charge is 0.0436 e. The molecule has 1 aliphatic carbocycles. The third-order valence-corrected chi connectivity index (χ3v) is 3.59. The molecule has 1 aliphatic rings. The van der Waals surface area contributed by atoms with Crippen LogP contribution in [0.1, 0.15) is 24.8 Å². The van der Waals surface area contributed by atoms with Gasteiger partial charge in [0.2, 0.25) is 0 Å². The average molecular weight is 240 g/mol. The predicted octanol–water partition coefficient (Wildman–Crippen LogP) is 2.59. The third kappa shape index (κ3) is 3.21. The molecule has 0 saturated heterocycles. The molecular weight excluding hydrogens is 222 g/mol. The first-order valence-corrected chi connectivity index (χ1v) is 6.18. The van der Waals surface area contributed by atoms with Gasteiger partial charge in [0.05, 0.1) is 0 Å². The number of hydrogen-bond donors (Lipinski definition) is 2. The third-order valence-electron chi connectivity index (χ3n) is 3.34. The Balaban J connectivity index is 1.74. The summed E-state index contributed by atoms with van der Waals surface area (Å²) in [7, 11) is 0. The minimum absolute atomic E-state index is 0.308. The number of aliphatic hydroxyl groups excluding tert-OH is 1. The maximum atomic E-state index is 8.95. The molecule has 1 saturated carbocycles. The molecule has 2 N–H and O–H groups in total. The van der Waals surface area contributed by atoms with Crippen LogP contribution in [0.15, 0.2) is 24.3 Å². The highest BCUT2D eigenvalue weighted by atomic mass is 35.5. The Morgan fingerprint density at radius 2 is 1.94 bits per heavy atom. The molecule has 1 aromatic rings. The molecule has 0 aromatic heterocycles. The van der Waals surface area contributed by atoms with Crippen molar-refractivity contribution in [2.24, 2.45) is 5.41 Å². The van der Waals surface area contributed by atoms with E-state index in [1.54, 1.807) is 0 Å². The molecule has 1 fully saturated rings. The van der Waals surface area contributed by atoms with Gasteiger partial charge >= 0.3 is 0 Å². The molecule has 88 valence electrons. The van der Waals surface area contributed by atoms with E-state index in [1.165, 1.54) is 18.4 Å². The van der Waals surface area contributed by atoms with Gasteiger partial charge in [-0.1, -0.05) is 23.7 Å². The molecule has 0 unspecified atom stereocenters. The highest BCUT2D eigenvalue weighted by molar-refractivity contribution is 6.30. The zero-order chi connectivity index (χ0) is 11.4. The lowest BCUT2D eigenvalue weighted by Gasteiger charge is -2.14. The van der Waals surface area contributed by atoms with E-state index >= 15 is 0 Å². The second-order valence-corrected chi connectivity index (χ2v) is 5.14. The molecule has 0 heterocycles. The molecule has 0 spiro atoms. The largest absolute Gasteiger partial charge is 0.396 e. The van der Waals surface area contributed by atoms with Crippen molar-refractivity contribution in [2.75, 3.05) is 13.2 Å². The summed E-state index contributed by atoms with van der Waals surface area (Å²) in [6.45, 7) is 2.20. The minimum Gasteiger partial charge on any atom is -0.396 e. The SMILES string of the molecule is OCCC1(CNCc2ccc(Cl)cc2)CC1. The first-order chi connectivity index (χ1) is 7.74. The fourth-order valence-corrected chi connectivity index (χ4v) is 2.13. The van der Waals surface area contributed by atoms with E-state index in [9.17, 15) is 0 Å². The molecule has 0 atom stereocenters. The van der Waals surface area contributed by atoms with E-state index in [2.05, 4.69) is 5.32 Å². The zero-order valence-electron chi connectivity index (χ0n) is 9.38. The highest BCUT2D eigenvalue weighted by Crippen LogP contribution is 2.47. The normalized spacial score (nSPS) is 17.4. The van der Waals surface area contributed by atoms with Crippen LogP contribution in [0.4, 0.5) is 0 Å². The first-order valence-electron chi connectivity index (χ1n) is 5.80. The number of halogens is 1. The summed E-state index contributed by atoms with van der Waals surface area (Å²) in [5.74, 6) is 0. The Labute approximate surface area is 102 Å². The molecule has 1 aromatic carbocycles. The Morgan fingerprint density at radius 3 is 2.50 bits per heavy atom. The molecular formula is C13H18ClNO. The molecule has 2 nitrogen and oxygen atoms in total. The Kier molecular flexibility index (Phi) is 3.85. The number of aliphatic hydroxyl groups is 1. The van der Waals surface area contributed by atoms with Crippen LogP contribution in [0.25, 0.3) is 0 Å². The van der Waals surface area contributed by atoms with E-state index in [0.717, 1.165) is 24.5 Å². The van der Waals surface area contributed by atoms with Gasteiger partial charge in [0.1, 0.15) is 0 Å². The summed E-state index contributed by atoms with van der Waals surface area (Å²) in [4.78, 5) is 0. The van der Waals surface area contributed by atoms with Crippen LogP contribution in [0, 0.1) is 5.41 Å². The van der Waals surface area contributed by atoms with Crippen molar-refractivity contribution in [3.05, 3.63) is 34.9 Å². The number of rotatable bonds is 6. The fraction of sp³-hybridized carbons (Fsp3) is 0.538. The van der Waals surface area contributed by atoms with Crippen molar-refractivity contribution < 1.29 is 5.11 Å². The van der Waals surface area contributed by atoms with E-state index in [4.69, 9.17) is 16.7 Å². The first kappa shape index (κ1) is 11.9. The molecule has 2 rings (SSSR count). The van der Waals surface area contributed by atoms with E-state index in [-0.39, 0.29) is 0 Å². The van der Waals surface area contributed by atoms with Crippen molar-refractivity contribution in [3.63, 3.8) is 0 Å². The van der Waals surface area contributed by atoms with E-state index in [1.807, 2.05) is 24.3 Å². The monoisotopic (exact) mass is 239 g/mol. The highest BCUT2D eigenvalue weighted by Gasteiger charge is 2.41. The van der Waals surface area contributed by atoms with Gasteiger partial charge in [0, 0.05) is 24.7 Å². The minimum atomic E-state index is 0.308. The van der Waals surface area contributed by atoms with Gasteiger partial charge in [-0.3, -0.25) is 0 Å². The fourth-order valence-electron chi connectivity index (χ4n) is 2.00. The number of benzene rings is 1. The van der Waals surface area contributed by atoms with E-state index in [0.29, 0.717) is 12.0 Å². The van der Waals surface area contributed by atoms with E-state index < -0.39 is 0 Å². The number of hydrogen-bond acceptors (Lipinski definition) is 2. The van der Waals surface area contributed by atoms with Gasteiger partial charge in [-0.2, -0.15) is 0 Å².